The van der Waals surface area contributed by atoms with Gasteiger partial charge in [0.25, 0.3) is 0 Å². The van der Waals surface area contributed by atoms with Crippen LogP contribution in [0.5, 0.6) is 0 Å². The molecule has 1 rings (SSSR count). The molecule has 4 heteroatoms. The highest BCUT2D eigenvalue weighted by molar-refractivity contribution is 9.12. The Labute approximate surface area is 81.3 Å². The second kappa shape index (κ2) is 3.19. The van der Waals surface area contributed by atoms with Crippen LogP contribution in [0.2, 0.25) is 0 Å². The summed E-state index contributed by atoms with van der Waals surface area (Å²) in [7, 11) is 0. The Morgan fingerprint density at radius 1 is 1.27 bits per heavy atom. The van der Waals surface area contributed by atoms with Gasteiger partial charge in [-0.3, -0.25) is 9.59 Å². The van der Waals surface area contributed by atoms with Gasteiger partial charge in [-0.25, -0.2) is 0 Å². The van der Waals surface area contributed by atoms with Crippen LogP contribution in [-0.4, -0.2) is 21.2 Å². The van der Waals surface area contributed by atoms with Crippen LogP contribution in [0.15, 0.2) is 11.6 Å². The fourth-order valence-corrected chi connectivity index (χ4v) is 1.85. The highest BCUT2D eigenvalue weighted by atomic mass is 79.9. The van der Waals surface area contributed by atoms with Crippen LogP contribution in [0.1, 0.15) is 6.92 Å². The summed E-state index contributed by atoms with van der Waals surface area (Å²) in [6.45, 7) is 1.65. The summed E-state index contributed by atoms with van der Waals surface area (Å²) in [5.41, 5.74) is 0.521. The molecule has 0 aromatic carbocycles. The Kier molecular flexibility index (Phi) is 2.65. The largest absolute Gasteiger partial charge is 0.294 e. The van der Waals surface area contributed by atoms with Gasteiger partial charge in [0.05, 0.1) is 9.65 Å². The van der Waals surface area contributed by atoms with Gasteiger partial charge in [-0.1, -0.05) is 31.9 Å². The van der Waals surface area contributed by atoms with E-state index in [-0.39, 0.29) is 11.6 Å². The first kappa shape index (κ1) is 9.13. The predicted octanol–water partition coefficient (Wildman–Crippen LogP) is 1.61. The molecule has 0 bridgehead atoms. The average molecular weight is 282 g/mol. The van der Waals surface area contributed by atoms with E-state index in [1.165, 1.54) is 6.08 Å². The minimum Gasteiger partial charge on any atom is -0.294 e. The molecule has 0 N–H and O–H groups in total. The van der Waals surface area contributed by atoms with E-state index < -0.39 is 9.65 Å². The predicted molar refractivity (Wildman–Crippen MR) is 49.2 cm³/mol. The van der Waals surface area contributed by atoms with Gasteiger partial charge < -0.3 is 0 Å². The lowest BCUT2D eigenvalue weighted by Crippen LogP contribution is -2.35. The van der Waals surface area contributed by atoms with E-state index in [1.54, 1.807) is 6.92 Å². The van der Waals surface area contributed by atoms with Crippen molar-refractivity contribution in [1.82, 2.24) is 0 Å². The molecular weight excluding hydrogens is 276 g/mol. The number of allylic oxidation sites excluding steroid dienone is 2. The van der Waals surface area contributed by atoms with E-state index in [2.05, 4.69) is 31.9 Å². The number of hydrogen-bond acceptors (Lipinski definition) is 2. The van der Waals surface area contributed by atoms with Crippen LogP contribution < -0.4 is 0 Å². The second-order valence-electron chi connectivity index (χ2n) is 2.40. The van der Waals surface area contributed by atoms with Crippen molar-refractivity contribution in [2.45, 2.75) is 16.6 Å². The molecule has 1 aliphatic rings. The molecule has 0 saturated heterocycles. The highest BCUT2D eigenvalue weighted by Crippen LogP contribution is 2.24. The molecule has 0 saturated carbocycles. The molecule has 0 fully saturated rings. The Bertz CT molecular complexity index is 245. The van der Waals surface area contributed by atoms with E-state index >= 15 is 0 Å². The van der Waals surface area contributed by atoms with Crippen LogP contribution >= 0.6 is 31.9 Å². The van der Waals surface area contributed by atoms with Crippen molar-refractivity contribution >= 4 is 43.4 Å². The van der Waals surface area contributed by atoms with E-state index in [1.807, 2.05) is 0 Å². The molecule has 1 aliphatic carbocycles. The summed E-state index contributed by atoms with van der Waals surface area (Å²) in [5, 5.41) is 0. The van der Waals surface area contributed by atoms with Crippen molar-refractivity contribution in [1.29, 1.82) is 0 Å². The van der Waals surface area contributed by atoms with E-state index in [4.69, 9.17) is 0 Å². The summed E-state index contributed by atoms with van der Waals surface area (Å²) in [6, 6.07) is 0. The minimum atomic E-state index is -0.404. The van der Waals surface area contributed by atoms with Crippen molar-refractivity contribution in [3.05, 3.63) is 11.6 Å². The van der Waals surface area contributed by atoms with Gasteiger partial charge in [-0.2, -0.15) is 0 Å². The normalized spacial score (nSPS) is 32.1. The third-order valence-corrected chi connectivity index (χ3v) is 4.16. The molecule has 0 aliphatic heterocycles. The van der Waals surface area contributed by atoms with Crippen molar-refractivity contribution < 1.29 is 9.59 Å². The Morgan fingerprint density at radius 3 is 2.36 bits per heavy atom. The Balaban J connectivity index is 3.01. The standard InChI is InChI=1S/C7H6Br2O2/c1-3-2-4(10)5(8)6(9)7(3)11/h2,5-6H,1H3/t5-,6+/m1/s1. The molecule has 0 aromatic rings. The molecule has 0 aromatic heterocycles. The van der Waals surface area contributed by atoms with Crippen LogP contribution in [0.3, 0.4) is 0 Å². The number of carbonyl (C=O) groups excluding carboxylic acids is 2. The number of rotatable bonds is 0. The third-order valence-electron chi connectivity index (χ3n) is 1.53. The number of hydrogen-bond donors (Lipinski definition) is 0. The van der Waals surface area contributed by atoms with E-state index in [9.17, 15) is 9.59 Å². The number of carbonyl (C=O) groups is 2. The maximum atomic E-state index is 11.2. The number of alkyl halides is 2. The molecule has 2 atom stereocenters. The highest BCUT2D eigenvalue weighted by Gasteiger charge is 2.33. The first-order valence-corrected chi connectivity index (χ1v) is 4.91. The van der Waals surface area contributed by atoms with Crippen LogP contribution in [0.25, 0.3) is 0 Å². The molecule has 0 spiro atoms. The first-order valence-electron chi connectivity index (χ1n) is 3.08. The van der Waals surface area contributed by atoms with Gasteiger partial charge in [0.2, 0.25) is 0 Å². The zero-order chi connectivity index (χ0) is 8.59. The summed E-state index contributed by atoms with van der Waals surface area (Å²) in [6.07, 6.45) is 1.37. The first-order chi connectivity index (χ1) is 5.04. The molecule has 2 nitrogen and oxygen atoms in total. The zero-order valence-corrected chi connectivity index (χ0v) is 8.98. The lowest BCUT2D eigenvalue weighted by molar-refractivity contribution is -0.120. The number of halogens is 2. The summed E-state index contributed by atoms with van der Waals surface area (Å²) >= 11 is 6.27. The van der Waals surface area contributed by atoms with Crippen molar-refractivity contribution in [3.63, 3.8) is 0 Å². The number of Topliss-reactive ketones (excluding diaryl/α,β-unsaturated/α-hetero) is 1. The van der Waals surface area contributed by atoms with Gasteiger partial charge in [0.1, 0.15) is 0 Å². The Hall–Kier alpha value is 0.0400. The quantitative estimate of drug-likeness (QED) is 0.632. The van der Waals surface area contributed by atoms with Crippen LogP contribution in [0.4, 0.5) is 0 Å². The SMILES string of the molecule is CC1=CC(=O)[C@@H](Br)[C@H](Br)C1=O. The fourth-order valence-electron chi connectivity index (χ4n) is 0.859. The molecule has 60 valence electrons. The molecule has 11 heavy (non-hydrogen) atoms. The van der Waals surface area contributed by atoms with Crippen molar-refractivity contribution in [3.8, 4) is 0 Å². The monoisotopic (exact) mass is 280 g/mol. The summed E-state index contributed by atoms with van der Waals surface area (Å²) in [4.78, 5) is 21.4. The maximum absolute atomic E-state index is 11.2. The Morgan fingerprint density at radius 2 is 1.82 bits per heavy atom. The zero-order valence-electron chi connectivity index (χ0n) is 5.80. The molecule has 0 heterocycles. The molecular formula is C7H6Br2O2. The van der Waals surface area contributed by atoms with Crippen LogP contribution in [0, 0.1) is 0 Å². The lowest BCUT2D eigenvalue weighted by Gasteiger charge is -2.18. The number of ketones is 2. The van der Waals surface area contributed by atoms with Gasteiger partial charge in [0, 0.05) is 0 Å². The fraction of sp³-hybridized carbons (Fsp3) is 0.429. The summed E-state index contributed by atoms with van der Waals surface area (Å²) in [5.74, 6) is -0.0737. The molecule has 0 amide bonds. The van der Waals surface area contributed by atoms with Crippen molar-refractivity contribution in [2.75, 3.05) is 0 Å². The minimum absolute atomic E-state index is 0.0218. The maximum Gasteiger partial charge on any atom is 0.173 e. The third kappa shape index (κ3) is 1.62. The molecule has 0 radical (unpaired) electrons. The van der Waals surface area contributed by atoms with Gasteiger partial charge in [-0.05, 0) is 18.6 Å². The van der Waals surface area contributed by atoms with Crippen molar-refractivity contribution in [2.24, 2.45) is 0 Å². The average Bonchev–Trinajstić information content (AvgIpc) is 1.97. The van der Waals surface area contributed by atoms with Gasteiger partial charge >= 0.3 is 0 Å². The lowest BCUT2D eigenvalue weighted by atomic mass is 9.98. The van der Waals surface area contributed by atoms with Gasteiger partial charge in [0.15, 0.2) is 11.6 Å². The topological polar surface area (TPSA) is 34.1 Å². The van der Waals surface area contributed by atoms with E-state index in [0.717, 1.165) is 0 Å². The van der Waals surface area contributed by atoms with Gasteiger partial charge in [-0.15, -0.1) is 0 Å². The second-order valence-corrected chi connectivity index (χ2v) is 4.37. The van der Waals surface area contributed by atoms with E-state index in [0.29, 0.717) is 5.57 Å². The van der Waals surface area contributed by atoms with Crippen LogP contribution in [-0.2, 0) is 9.59 Å². The summed E-state index contributed by atoms with van der Waals surface area (Å²) < 4.78 is 0. The smallest absolute Gasteiger partial charge is 0.173 e. The molecule has 0 unspecified atom stereocenters.